The van der Waals surface area contributed by atoms with Crippen molar-refractivity contribution in [3.8, 4) is 0 Å². The number of nitrogens with zero attached hydrogens (tertiary/aromatic N) is 3. The number of aliphatic hydroxyl groups is 1. The van der Waals surface area contributed by atoms with E-state index in [4.69, 9.17) is 5.11 Å². The van der Waals surface area contributed by atoms with Gasteiger partial charge in [0.05, 0.1) is 13.2 Å². The van der Waals surface area contributed by atoms with Gasteiger partial charge < -0.3 is 15.0 Å². The molecule has 0 bridgehead atoms. The third-order valence-corrected chi connectivity index (χ3v) is 2.59. The van der Waals surface area contributed by atoms with E-state index in [0.29, 0.717) is 6.54 Å². The molecule has 5 heteroatoms. The fourth-order valence-corrected chi connectivity index (χ4v) is 1.62. The molecule has 1 aromatic carbocycles. The average molecular weight is 232 g/mol. The molecule has 0 unspecified atom stereocenters. The monoisotopic (exact) mass is 232 g/mol. The molecule has 0 radical (unpaired) electrons. The van der Waals surface area contributed by atoms with E-state index in [1.165, 1.54) is 0 Å². The van der Waals surface area contributed by atoms with Crippen molar-refractivity contribution in [1.29, 1.82) is 0 Å². The van der Waals surface area contributed by atoms with Gasteiger partial charge in [0.2, 0.25) is 0 Å². The predicted molar refractivity (Wildman–Crippen MR) is 63.9 cm³/mol. The zero-order valence-electron chi connectivity index (χ0n) is 9.80. The molecule has 0 saturated heterocycles. The normalized spacial score (nSPS) is 10.7. The molecule has 90 valence electrons. The molecule has 5 nitrogen and oxygen atoms in total. The van der Waals surface area contributed by atoms with E-state index in [0.717, 1.165) is 23.5 Å². The zero-order valence-corrected chi connectivity index (χ0v) is 9.80. The standard InChI is InChI=1S/C12H16N4O/c1-16-9-14-15-12(16)7-13-6-10-3-2-4-11(5-10)8-17/h2-5,9,13,17H,6-8H2,1H3. The largest absolute Gasteiger partial charge is 0.392 e. The number of aromatic nitrogens is 3. The topological polar surface area (TPSA) is 63.0 Å². The summed E-state index contributed by atoms with van der Waals surface area (Å²) >= 11 is 0. The van der Waals surface area contributed by atoms with Gasteiger partial charge in [-0.1, -0.05) is 24.3 Å². The maximum atomic E-state index is 9.03. The number of benzene rings is 1. The summed E-state index contributed by atoms with van der Waals surface area (Å²) in [4.78, 5) is 0. The maximum absolute atomic E-state index is 9.03. The second-order valence-corrected chi connectivity index (χ2v) is 3.94. The van der Waals surface area contributed by atoms with Crippen molar-refractivity contribution in [2.45, 2.75) is 19.7 Å². The highest BCUT2D eigenvalue weighted by Gasteiger charge is 2.00. The van der Waals surface area contributed by atoms with Gasteiger partial charge in [-0.05, 0) is 11.1 Å². The molecule has 2 rings (SSSR count). The second kappa shape index (κ2) is 5.56. The van der Waals surface area contributed by atoms with E-state index in [9.17, 15) is 0 Å². The molecule has 17 heavy (non-hydrogen) atoms. The Kier molecular flexibility index (Phi) is 3.85. The first-order chi connectivity index (χ1) is 8.29. The van der Waals surface area contributed by atoms with Crippen LogP contribution in [0.25, 0.3) is 0 Å². The smallest absolute Gasteiger partial charge is 0.146 e. The Morgan fingerprint density at radius 3 is 2.82 bits per heavy atom. The highest BCUT2D eigenvalue weighted by molar-refractivity contribution is 5.22. The zero-order chi connectivity index (χ0) is 12.1. The lowest BCUT2D eigenvalue weighted by molar-refractivity contribution is 0.281. The van der Waals surface area contributed by atoms with E-state index >= 15 is 0 Å². The first kappa shape index (κ1) is 11.8. The second-order valence-electron chi connectivity index (χ2n) is 3.94. The molecular weight excluding hydrogens is 216 g/mol. The molecule has 0 fully saturated rings. The Hall–Kier alpha value is -1.72. The average Bonchev–Trinajstić information content (AvgIpc) is 2.76. The van der Waals surface area contributed by atoms with E-state index in [1.54, 1.807) is 6.33 Å². The number of hydrogen-bond donors (Lipinski definition) is 2. The van der Waals surface area contributed by atoms with Crippen LogP contribution in [0.4, 0.5) is 0 Å². The molecule has 0 saturated carbocycles. The van der Waals surface area contributed by atoms with Gasteiger partial charge in [-0.3, -0.25) is 0 Å². The van der Waals surface area contributed by atoms with Gasteiger partial charge in [0, 0.05) is 13.6 Å². The van der Waals surface area contributed by atoms with E-state index in [2.05, 4.69) is 15.5 Å². The van der Waals surface area contributed by atoms with Crippen LogP contribution < -0.4 is 5.32 Å². The molecule has 0 spiro atoms. The van der Waals surface area contributed by atoms with Crippen LogP contribution in [0, 0.1) is 0 Å². The van der Waals surface area contributed by atoms with Crippen molar-refractivity contribution in [2.24, 2.45) is 7.05 Å². The number of aryl methyl sites for hydroxylation is 1. The van der Waals surface area contributed by atoms with E-state index in [1.807, 2.05) is 35.9 Å². The maximum Gasteiger partial charge on any atom is 0.146 e. The van der Waals surface area contributed by atoms with E-state index in [-0.39, 0.29) is 6.61 Å². The summed E-state index contributed by atoms with van der Waals surface area (Å²) in [6.45, 7) is 1.51. The van der Waals surface area contributed by atoms with Crippen molar-refractivity contribution in [3.05, 3.63) is 47.5 Å². The Bertz CT molecular complexity index is 481. The predicted octanol–water partition coefficient (Wildman–Crippen LogP) is 0.597. The molecule has 0 aliphatic carbocycles. The van der Waals surface area contributed by atoms with Gasteiger partial charge in [-0.2, -0.15) is 0 Å². The van der Waals surface area contributed by atoms with Crippen LogP contribution in [-0.2, 0) is 26.7 Å². The Morgan fingerprint density at radius 2 is 2.12 bits per heavy atom. The van der Waals surface area contributed by atoms with Crippen LogP contribution in [0.2, 0.25) is 0 Å². The lowest BCUT2D eigenvalue weighted by Gasteiger charge is -2.05. The molecule has 0 aliphatic rings. The minimum Gasteiger partial charge on any atom is -0.392 e. The van der Waals surface area contributed by atoms with Crippen molar-refractivity contribution in [3.63, 3.8) is 0 Å². The van der Waals surface area contributed by atoms with Crippen molar-refractivity contribution >= 4 is 0 Å². The number of aliphatic hydroxyl groups excluding tert-OH is 1. The van der Waals surface area contributed by atoms with Gasteiger partial charge in [-0.25, -0.2) is 0 Å². The molecule has 1 aromatic heterocycles. The fraction of sp³-hybridized carbons (Fsp3) is 0.333. The van der Waals surface area contributed by atoms with Crippen LogP contribution in [0.15, 0.2) is 30.6 Å². The summed E-state index contributed by atoms with van der Waals surface area (Å²) in [7, 11) is 1.92. The lowest BCUT2D eigenvalue weighted by atomic mass is 10.1. The van der Waals surface area contributed by atoms with Crippen LogP contribution in [0.1, 0.15) is 17.0 Å². The highest BCUT2D eigenvalue weighted by Crippen LogP contribution is 2.05. The molecule has 0 amide bonds. The van der Waals surface area contributed by atoms with Crippen molar-refractivity contribution in [1.82, 2.24) is 20.1 Å². The fourth-order valence-electron chi connectivity index (χ4n) is 1.62. The van der Waals surface area contributed by atoms with Gasteiger partial charge in [0.25, 0.3) is 0 Å². The molecule has 0 aliphatic heterocycles. The Labute approximate surface area is 100 Å². The third-order valence-electron chi connectivity index (χ3n) is 2.59. The van der Waals surface area contributed by atoms with Crippen LogP contribution in [0.5, 0.6) is 0 Å². The van der Waals surface area contributed by atoms with Crippen molar-refractivity contribution < 1.29 is 5.11 Å². The molecule has 0 atom stereocenters. The summed E-state index contributed by atoms with van der Waals surface area (Å²) in [5.41, 5.74) is 2.08. The van der Waals surface area contributed by atoms with Gasteiger partial charge in [-0.15, -0.1) is 10.2 Å². The molecular formula is C12H16N4O. The van der Waals surface area contributed by atoms with Gasteiger partial charge in [0.15, 0.2) is 0 Å². The Morgan fingerprint density at radius 1 is 1.29 bits per heavy atom. The first-order valence-corrected chi connectivity index (χ1v) is 5.52. The van der Waals surface area contributed by atoms with Crippen molar-refractivity contribution in [2.75, 3.05) is 0 Å². The summed E-state index contributed by atoms with van der Waals surface area (Å²) in [6, 6.07) is 7.88. The molecule has 2 aromatic rings. The lowest BCUT2D eigenvalue weighted by Crippen LogP contribution is -2.15. The van der Waals surface area contributed by atoms with Gasteiger partial charge >= 0.3 is 0 Å². The minimum atomic E-state index is 0.0805. The summed E-state index contributed by atoms with van der Waals surface area (Å²) < 4.78 is 1.89. The molecule has 1 heterocycles. The number of rotatable bonds is 5. The molecule has 2 N–H and O–H groups in total. The Balaban J connectivity index is 1.87. The number of hydrogen-bond acceptors (Lipinski definition) is 4. The van der Waals surface area contributed by atoms with Gasteiger partial charge in [0.1, 0.15) is 12.2 Å². The SMILES string of the molecule is Cn1cnnc1CNCc1cccc(CO)c1. The minimum absolute atomic E-state index is 0.0805. The van der Waals surface area contributed by atoms with Crippen LogP contribution >= 0.6 is 0 Å². The summed E-state index contributed by atoms with van der Waals surface area (Å²) in [5.74, 6) is 0.906. The summed E-state index contributed by atoms with van der Waals surface area (Å²) in [6.07, 6.45) is 1.68. The first-order valence-electron chi connectivity index (χ1n) is 5.52. The highest BCUT2D eigenvalue weighted by atomic mass is 16.3. The summed E-state index contributed by atoms with van der Waals surface area (Å²) in [5, 5.41) is 20.1. The third kappa shape index (κ3) is 3.12. The van der Waals surface area contributed by atoms with Crippen LogP contribution in [0.3, 0.4) is 0 Å². The quantitative estimate of drug-likeness (QED) is 0.792. The van der Waals surface area contributed by atoms with E-state index < -0.39 is 0 Å². The number of nitrogens with one attached hydrogen (secondary N) is 1. The van der Waals surface area contributed by atoms with Crippen LogP contribution in [-0.4, -0.2) is 19.9 Å².